The number of carbonyl (C=O) groups is 1. The maximum atomic E-state index is 12.9. The summed E-state index contributed by atoms with van der Waals surface area (Å²) in [5.41, 5.74) is -3.93. The highest BCUT2D eigenvalue weighted by Gasteiger charge is 2.55. The van der Waals surface area contributed by atoms with E-state index in [1.54, 1.807) is 4.90 Å². The van der Waals surface area contributed by atoms with E-state index in [1.807, 2.05) is 5.32 Å². The summed E-state index contributed by atoms with van der Waals surface area (Å²) < 4.78 is 75.3. The van der Waals surface area contributed by atoms with Crippen molar-refractivity contribution in [1.82, 2.24) is 0 Å². The molecule has 1 fully saturated rings. The Morgan fingerprint density at radius 3 is 2.34 bits per heavy atom. The van der Waals surface area contributed by atoms with Crippen molar-refractivity contribution in [3.63, 3.8) is 0 Å². The Balaban J connectivity index is 2.53. The van der Waals surface area contributed by atoms with E-state index in [0.717, 1.165) is 12.1 Å². The number of rotatable bonds is 5. The van der Waals surface area contributed by atoms with Crippen molar-refractivity contribution in [2.45, 2.75) is 30.5 Å². The van der Waals surface area contributed by atoms with E-state index in [4.69, 9.17) is 11.6 Å². The molecule has 1 heterocycles. The molecule has 2 rings (SSSR count). The first-order valence-electron chi connectivity index (χ1n) is 8.48. The van der Waals surface area contributed by atoms with Crippen molar-refractivity contribution < 1.29 is 35.7 Å². The molecule has 1 aliphatic heterocycles. The summed E-state index contributed by atoms with van der Waals surface area (Å²) in [5.74, 6) is -1.48. The molecule has 0 radical (unpaired) electrons. The number of alkyl halides is 3. The molecule has 1 unspecified atom stereocenters. The Bertz CT molecular complexity index is 925. The third kappa shape index (κ3) is 4.86. The Hall–Kier alpha value is -1.37. The topological polar surface area (TPSA) is 104 Å². The zero-order valence-electron chi connectivity index (χ0n) is 15.5. The average Bonchev–Trinajstić information content (AvgIpc) is 2.63. The predicted molar refractivity (Wildman–Crippen MR) is 105 cm³/mol. The Kier molecular flexibility index (Phi) is 6.93. The SMILES string of the molecule is CCS(=O)(=O)c1ccc(NC(=O)C(C)(O)C(F)(F)F)c(Cl)c1N1CCS(=O)CC1. The lowest BCUT2D eigenvalue weighted by Crippen LogP contribution is -2.52. The summed E-state index contributed by atoms with van der Waals surface area (Å²) in [5, 5.41) is 11.2. The number of anilines is 2. The number of amides is 1. The quantitative estimate of drug-likeness (QED) is 0.673. The van der Waals surface area contributed by atoms with Gasteiger partial charge >= 0.3 is 6.18 Å². The third-order valence-electron chi connectivity index (χ3n) is 4.53. The van der Waals surface area contributed by atoms with E-state index in [2.05, 4.69) is 0 Å². The molecule has 2 N–H and O–H groups in total. The van der Waals surface area contributed by atoms with E-state index in [0.29, 0.717) is 6.92 Å². The van der Waals surface area contributed by atoms with Gasteiger partial charge < -0.3 is 15.3 Å². The highest BCUT2D eigenvalue weighted by atomic mass is 35.5. The van der Waals surface area contributed by atoms with Crippen LogP contribution in [0.15, 0.2) is 17.0 Å². The van der Waals surface area contributed by atoms with E-state index < -0.39 is 38.3 Å². The summed E-state index contributed by atoms with van der Waals surface area (Å²) in [7, 11) is -4.82. The third-order valence-corrected chi connectivity index (χ3v) is 7.95. The molecular weight excluding hydrogens is 457 g/mol. The Morgan fingerprint density at radius 1 is 1.31 bits per heavy atom. The molecule has 1 aliphatic rings. The molecule has 0 spiro atoms. The van der Waals surface area contributed by atoms with Crippen molar-refractivity contribution in [3.8, 4) is 0 Å². The molecule has 29 heavy (non-hydrogen) atoms. The lowest BCUT2D eigenvalue weighted by Gasteiger charge is -2.32. The number of sulfone groups is 1. The van der Waals surface area contributed by atoms with Crippen LogP contribution in [0.25, 0.3) is 0 Å². The van der Waals surface area contributed by atoms with E-state index in [-0.39, 0.29) is 51.6 Å². The summed E-state index contributed by atoms with van der Waals surface area (Å²) in [6.07, 6.45) is -5.23. The normalized spacial score (nSPS) is 18.4. The van der Waals surface area contributed by atoms with Crippen LogP contribution in [0, 0.1) is 0 Å². The first-order valence-corrected chi connectivity index (χ1v) is 12.0. The van der Waals surface area contributed by atoms with Gasteiger partial charge in [-0.1, -0.05) is 18.5 Å². The van der Waals surface area contributed by atoms with Crippen LogP contribution in [0.1, 0.15) is 13.8 Å². The van der Waals surface area contributed by atoms with Crippen LogP contribution < -0.4 is 10.2 Å². The van der Waals surface area contributed by atoms with Gasteiger partial charge in [-0.25, -0.2) is 8.42 Å². The molecule has 1 aromatic carbocycles. The monoisotopic (exact) mass is 476 g/mol. The number of nitrogens with zero attached hydrogens (tertiary/aromatic N) is 1. The number of hydrogen-bond acceptors (Lipinski definition) is 6. The fourth-order valence-corrected chi connectivity index (χ4v) is 5.13. The van der Waals surface area contributed by atoms with Crippen molar-refractivity contribution in [2.75, 3.05) is 40.6 Å². The standard InChI is InChI=1S/C16H20ClF3N2O5S2/c1-3-29(26,27)11-5-4-10(21-14(23)15(2,24)16(18,19)20)12(17)13(11)22-6-8-28(25)9-7-22/h4-5,24H,3,6-9H2,1-2H3,(H,21,23). The van der Waals surface area contributed by atoms with Gasteiger partial charge in [0.05, 0.1) is 27.0 Å². The van der Waals surface area contributed by atoms with Gasteiger partial charge in [-0.2, -0.15) is 13.2 Å². The number of aliphatic hydroxyl groups is 1. The van der Waals surface area contributed by atoms with Crippen LogP contribution in [-0.2, 0) is 25.4 Å². The molecule has 164 valence electrons. The molecule has 0 aliphatic carbocycles. The van der Waals surface area contributed by atoms with Gasteiger partial charge in [-0.05, 0) is 19.1 Å². The minimum absolute atomic E-state index is 0.0228. The van der Waals surface area contributed by atoms with Crippen molar-refractivity contribution >= 4 is 49.5 Å². The van der Waals surface area contributed by atoms with Gasteiger partial charge in [0.2, 0.25) is 5.60 Å². The second kappa shape index (κ2) is 8.40. The smallest absolute Gasteiger partial charge is 0.373 e. The van der Waals surface area contributed by atoms with E-state index in [1.165, 1.54) is 6.92 Å². The van der Waals surface area contributed by atoms with Gasteiger partial charge in [0.1, 0.15) is 0 Å². The summed E-state index contributed by atoms with van der Waals surface area (Å²) >= 11 is 6.30. The molecule has 1 aromatic rings. The highest BCUT2D eigenvalue weighted by Crippen LogP contribution is 2.40. The molecule has 1 amide bonds. The number of benzene rings is 1. The van der Waals surface area contributed by atoms with Crippen LogP contribution in [-0.4, -0.2) is 65.8 Å². The molecule has 0 saturated carbocycles. The maximum absolute atomic E-state index is 12.9. The van der Waals surface area contributed by atoms with Crippen LogP contribution in [0.3, 0.4) is 0 Å². The predicted octanol–water partition coefficient (Wildman–Crippen LogP) is 1.95. The molecule has 0 aromatic heterocycles. The first-order chi connectivity index (χ1) is 13.2. The largest absolute Gasteiger partial charge is 0.426 e. The number of carbonyl (C=O) groups excluding carboxylic acids is 1. The van der Waals surface area contributed by atoms with Gasteiger partial charge in [0.15, 0.2) is 9.84 Å². The zero-order chi connectivity index (χ0) is 22.2. The molecule has 0 bridgehead atoms. The minimum atomic E-state index is -5.23. The van der Waals surface area contributed by atoms with Crippen molar-refractivity contribution in [3.05, 3.63) is 17.2 Å². The lowest BCUT2D eigenvalue weighted by molar-refractivity contribution is -0.242. The molecule has 1 atom stereocenters. The number of halogens is 4. The second-order valence-corrected chi connectivity index (χ2v) is 10.9. The van der Waals surface area contributed by atoms with E-state index >= 15 is 0 Å². The number of nitrogens with one attached hydrogen (secondary N) is 1. The van der Waals surface area contributed by atoms with Gasteiger partial charge in [-0.3, -0.25) is 9.00 Å². The number of hydrogen-bond donors (Lipinski definition) is 2. The van der Waals surface area contributed by atoms with Crippen molar-refractivity contribution in [2.24, 2.45) is 0 Å². The first kappa shape index (κ1) is 23.9. The average molecular weight is 477 g/mol. The fraction of sp³-hybridized carbons (Fsp3) is 0.562. The molecular formula is C16H20ClF3N2O5S2. The van der Waals surface area contributed by atoms with Crippen molar-refractivity contribution in [1.29, 1.82) is 0 Å². The maximum Gasteiger partial charge on any atom is 0.426 e. The minimum Gasteiger partial charge on any atom is -0.373 e. The molecule has 1 saturated heterocycles. The summed E-state index contributed by atoms with van der Waals surface area (Å²) in [6.45, 7) is 2.16. The fourth-order valence-electron chi connectivity index (χ4n) is 2.58. The van der Waals surface area contributed by atoms with Gasteiger partial charge in [0.25, 0.3) is 5.91 Å². The molecule has 7 nitrogen and oxygen atoms in total. The lowest BCUT2D eigenvalue weighted by atomic mass is 10.1. The second-order valence-electron chi connectivity index (χ2n) is 6.54. The van der Waals surface area contributed by atoms with Gasteiger partial charge in [0, 0.05) is 35.4 Å². The van der Waals surface area contributed by atoms with Crippen LogP contribution in [0.2, 0.25) is 5.02 Å². The zero-order valence-corrected chi connectivity index (χ0v) is 17.9. The Labute approximate surface area is 173 Å². The Morgan fingerprint density at radius 2 is 1.86 bits per heavy atom. The summed E-state index contributed by atoms with van der Waals surface area (Å²) in [6, 6.07) is 2.21. The van der Waals surface area contributed by atoms with Gasteiger partial charge in [-0.15, -0.1) is 0 Å². The highest BCUT2D eigenvalue weighted by molar-refractivity contribution is 7.91. The van der Waals surface area contributed by atoms with Crippen LogP contribution >= 0.6 is 11.6 Å². The van der Waals surface area contributed by atoms with Crippen LogP contribution in [0.4, 0.5) is 24.5 Å². The van der Waals surface area contributed by atoms with E-state index in [9.17, 15) is 35.7 Å². The van der Waals surface area contributed by atoms with Crippen LogP contribution in [0.5, 0.6) is 0 Å². The molecule has 13 heteroatoms. The summed E-state index contributed by atoms with van der Waals surface area (Å²) in [4.78, 5) is 13.4.